The number of hydrogen-bond acceptors (Lipinski definition) is 0. The molecule has 0 amide bonds. The van der Waals surface area contributed by atoms with Crippen LogP contribution in [0.15, 0.2) is 140 Å². The smallest absolute Gasteiger partial charge is 0.0496 e. The van der Waals surface area contributed by atoms with Gasteiger partial charge in [-0.2, -0.15) is 0 Å². The third-order valence-corrected chi connectivity index (χ3v) is 10.9. The molecule has 6 aromatic rings. The molecule has 2 unspecified atom stereocenters. The van der Waals surface area contributed by atoms with Gasteiger partial charge in [-0.1, -0.05) is 134 Å². The van der Waals surface area contributed by atoms with Gasteiger partial charge in [0.25, 0.3) is 0 Å². The zero-order chi connectivity index (χ0) is 28.0. The summed E-state index contributed by atoms with van der Waals surface area (Å²) in [7, 11) is 0. The number of nitrogens with zero attached hydrogens (tertiary/aromatic N) is 1. The Bertz CT molecular complexity index is 1730. The van der Waals surface area contributed by atoms with Crippen LogP contribution in [0, 0.1) is 0 Å². The highest BCUT2D eigenvalue weighted by Gasteiger charge is 2.58. The molecule has 2 fully saturated rings. The average molecular weight is 546 g/mol. The third-order valence-electron chi connectivity index (χ3n) is 10.9. The second-order valence-corrected chi connectivity index (χ2v) is 13.3. The highest BCUT2D eigenvalue weighted by Crippen LogP contribution is 2.63. The van der Waals surface area contributed by atoms with Gasteiger partial charge in [0.05, 0.1) is 0 Å². The van der Waals surface area contributed by atoms with Crippen molar-refractivity contribution in [2.24, 2.45) is 0 Å². The van der Waals surface area contributed by atoms with Crippen LogP contribution in [0.25, 0.3) is 21.8 Å². The van der Waals surface area contributed by atoms with Crippen LogP contribution in [0.2, 0.25) is 0 Å². The lowest BCUT2D eigenvalue weighted by Gasteiger charge is -2.61. The Morgan fingerprint density at radius 3 is 1.45 bits per heavy atom. The summed E-state index contributed by atoms with van der Waals surface area (Å²) in [6.07, 6.45) is 9.60. The summed E-state index contributed by atoms with van der Waals surface area (Å²) in [5, 5.41) is 2.76. The molecule has 1 nitrogen and oxygen atoms in total. The standard InChI is InChI=1S/C41H39N/c1-4-15-32(16-5-1)25-28-41(42-37-23-12-10-21-35(37)36-22-11-13-24-38(36)42)30-39(33-17-6-2-7-18-33)26-14-27-40(29-39,31-41)34-19-8-3-9-20-34/h1-13,15-24H,14,25-31H2. The molecule has 0 spiro atoms. The Balaban J connectivity index is 1.42. The van der Waals surface area contributed by atoms with Crippen molar-refractivity contribution in [3.63, 3.8) is 0 Å². The first kappa shape index (κ1) is 25.6. The minimum absolute atomic E-state index is 0.0388. The lowest BCUT2D eigenvalue weighted by atomic mass is 9.46. The topological polar surface area (TPSA) is 4.93 Å². The minimum atomic E-state index is -0.0388. The Labute approximate surface area is 249 Å². The molecular weight excluding hydrogens is 506 g/mol. The Kier molecular flexibility index (Phi) is 6.11. The van der Waals surface area contributed by atoms with Gasteiger partial charge in [-0.15, -0.1) is 0 Å². The lowest BCUT2D eigenvalue weighted by molar-refractivity contribution is 0.0135. The predicted octanol–water partition coefficient (Wildman–Crippen LogP) is 10.4. The molecule has 5 aromatic carbocycles. The second-order valence-electron chi connectivity index (χ2n) is 13.3. The van der Waals surface area contributed by atoms with Crippen LogP contribution < -0.4 is 0 Å². The first-order valence-corrected chi connectivity index (χ1v) is 15.8. The molecule has 208 valence electrons. The van der Waals surface area contributed by atoms with E-state index in [1.54, 1.807) is 0 Å². The number of hydrogen-bond donors (Lipinski definition) is 0. The molecule has 0 aliphatic heterocycles. The van der Waals surface area contributed by atoms with E-state index in [1.807, 2.05) is 0 Å². The number of aromatic nitrogens is 1. The Hall–Kier alpha value is -4.10. The first-order chi connectivity index (χ1) is 20.7. The largest absolute Gasteiger partial charge is 0.334 e. The van der Waals surface area contributed by atoms with Crippen molar-refractivity contribution < 1.29 is 0 Å². The van der Waals surface area contributed by atoms with Gasteiger partial charge >= 0.3 is 0 Å². The Morgan fingerprint density at radius 2 is 0.929 bits per heavy atom. The fourth-order valence-corrected chi connectivity index (χ4v) is 9.40. The molecule has 1 aromatic heterocycles. The quantitative estimate of drug-likeness (QED) is 0.196. The van der Waals surface area contributed by atoms with E-state index in [2.05, 4.69) is 144 Å². The van der Waals surface area contributed by atoms with Crippen LogP contribution in [-0.2, 0) is 22.8 Å². The fraction of sp³-hybridized carbons (Fsp3) is 0.268. The zero-order valence-electron chi connectivity index (χ0n) is 24.4. The molecular formula is C41H39N. The van der Waals surface area contributed by atoms with Gasteiger partial charge in [0.2, 0.25) is 0 Å². The van der Waals surface area contributed by atoms with Crippen LogP contribution in [0.3, 0.4) is 0 Å². The maximum Gasteiger partial charge on any atom is 0.0496 e. The number of para-hydroxylation sites is 2. The van der Waals surface area contributed by atoms with Crippen LogP contribution in [0.1, 0.15) is 61.6 Å². The first-order valence-electron chi connectivity index (χ1n) is 15.8. The second kappa shape index (κ2) is 10.0. The average Bonchev–Trinajstić information content (AvgIpc) is 3.40. The number of rotatable bonds is 6. The molecule has 8 rings (SSSR count). The van der Waals surface area contributed by atoms with Gasteiger partial charge in [-0.3, -0.25) is 0 Å². The summed E-state index contributed by atoms with van der Waals surface area (Å²) in [4.78, 5) is 0. The van der Waals surface area contributed by atoms with Crippen LogP contribution >= 0.6 is 0 Å². The highest BCUT2D eigenvalue weighted by atomic mass is 15.1. The number of fused-ring (bicyclic) bond motifs is 5. The summed E-state index contributed by atoms with van der Waals surface area (Å²) in [6.45, 7) is 0. The van der Waals surface area contributed by atoms with E-state index in [0.29, 0.717) is 0 Å². The van der Waals surface area contributed by atoms with Crippen LogP contribution in [0.4, 0.5) is 0 Å². The van der Waals surface area contributed by atoms with E-state index in [0.717, 1.165) is 12.8 Å². The molecule has 2 aliphatic carbocycles. The zero-order valence-corrected chi connectivity index (χ0v) is 24.4. The summed E-state index contributed by atoms with van der Waals surface area (Å²) < 4.78 is 2.83. The van der Waals surface area contributed by atoms with E-state index in [-0.39, 0.29) is 16.4 Å². The van der Waals surface area contributed by atoms with Crippen LogP contribution in [-0.4, -0.2) is 4.57 Å². The van der Waals surface area contributed by atoms with E-state index in [9.17, 15) is 0 Å². The molecule has 42 heavy (non-hydrogen) atoms. The van der Waals surface area contributed by atoms with Gasteiger partial charge in [0.1, 0.15) is 0 Å². The molecule has 0 saturated heterocycles. The van der Waals surface area contributed by atoms with Crippen molar-refractivity contribution in [2.75, 3.05) is 0 Å². The lowest BCUT2D eigenvalue weighted by Crippen LogP contribution is -2.57. The monoisotopic (exact) mass is 545 g/mol. The maximum absolute atomic E-state index is 2.83. The summed E-state index contributed by atoms with van der Waals surface area (Å²) >= 11 is 0. The maximum atomic E-state index is 2.83. The predicted molar refractivity (Wildman–Crippen MR) is 176 cm³/mol. The molecule has 1 heterocycles. The van der Waals surface area contributed by atoms with Gasteiger partial charge in [-0.05, 0) is 84.6 Å². The molecule has 1 heteroatoms. The summed E-state index contributed by atoms with van der Waals surface area (Å²) in [6, 6.07) is 52.7. The van der Waals surface area contributed by atoms with E-state index < -0.39 is 0 Å². The van der Waals surface area contributed by atoms with Crippen molar-refractivity contribution in [1.82, 2.24) is 4.57 Å². The van der Waals surface area contributed by atoms with Crippen molar-refractivity contribution in [1.29, 1.82) is 0 Å². The summed E-state index contributed by atoms with van der Waals surface area (Å²) in [5.74, 6) is 0. The van der Waals surface area contributed by atoms with E-state index in [1.165, 1.54) is 77.0 Å². The normalized spacial score (nSPS) is 25.5. The van der Waals surface area contributed by atoms with Gasteiger partial charge in [-0.25, -0.2) is 0 Å². The van der Waals surface area contributed by atoms with Gasteiger partial charge in [0, 0.05) is 27.3 Å². The van der Waals surface area contributed by atoms with E-state index in [4.69, 9.17) is 0 Å². The van der Waals surface area contributed by atoms with Crippen LogP contribution in [0.5, 0.6) is 0 Å². The van der Waals surface area contributed by atoms with E-state index >= 15 is 0 Å². The molecule has 2 atom stereocenters. The third kappa shape index (κ3) is 4.05. The van der Waals surface area contributed by atoms with Crippen molar-refractivity contribution in [2.45, 2.75) is 67.7 Å². The van der Waals surface area contributed by atoms with Crippen molar-refractivity contribution >= 4 is 21.8 Å². The SMILES string of the molecule is c1ccc(CCC2(n3c4ccccc4c4ccccc43)CC3(c4ccccc4)CCCC(c4ccccc4)(C3)C2)cc1. The van der Waals surface area contributed by atoms with Crippen molar-refractivity contribution in [3.05, 3.63) is 156 Å². The number of aryl methyl sites for hydroxylation is 1. The molecule has 0 radical (unpaired) electrons. The molecule has 2 bridgehead atoms. The number of benzene rings is 5. The minimum Gasteiger partial charge on any atom is -0.334 e. The Morgan fingerprint density at radius 1 is 0.476 bits per heavy atom. The summed E-state index contributed by atoms with van der Waals surface area (Å²) in [5.41, 5.74) is 7.52. The molecule has 2 saturated carbocycles. The fourth-order valence-electron chi connectivity index (χ4n) is 9.40. The van der Waals surface area contributed by atoms with Gasteiger partial charge in [0.15, 0.2) is 0 Å². The molecule has 0 N–H and O–H groups in total. The van der Waals surface area contributed by atoms with Crippen molar-refractivity contribution in [3.8, 4) is 0 Å². The van der Waals surface area contributed by atoms with Gasteiger partial charge < -0.3 is 4.57 Å². The highest BCUT2D eigenvalue weighted by molar-refractivity contribution is 6.08. The molecule has 2 aliphatic rings.